The van der Waals surface area contributed by atoms with Crippen molar-refractivity contribution in [2.24, 2.45) is 0 Å². The van der Waals surface area contributed by atoms with Gasteiger partial charge in [0.25, 0.3) is 0 Å². The molecule has 1 aliphatic heterocycles. The van der Waals surface area contributed by atoms with Crippen LogP contribution in [0.2, 0.25) is 0 Å². The van der Waals surface area contributed by atoms with Gasteiger partial charge in [-0.1, -0.05) is 0 Å². The van der Waals surface area contributed by atoms with E-state index in [1.807, 2.05) is 25.1 Å². The van der Waals surface area contributed by atoms with Crippen LogP contribution in [0.4, 0.5) is 5.69 Å². The Labute approximate surface area is 168 Å². The van der Waals surface area contributed by atoms with Crippen LogP contribution in [0, 0.1) is 6.92 Å². The van der Waals surface area contributed by atoms with Crippen LogP contribution in [0.1, 0.15) is 51.5 Å². The second kappa shape index (κ2) is 10.8. The molecule has 0 radical (unpaired) electrons. The maximum Gasteiger partial charge on any atom is 0.224 e. The topological polar surface area (TPSA) is 93.7 Å². The van der Waals surface area contributed by atoms with E-state index >= 15 is 0 Å². The second-order valence-electron chi connectivity index (χ2n) is 7.40. The molecule has 8 heteroatoms. The number of unbranched alkanes of at least 4 members (excludes halogenated alkanes) is 1. The summed E-state index contributed by atoms with van der Waals surface area (Å²) in [5.41, 5.74) is 1.72. The van der Waals surface area contributed by atoms with Crippen LogP contribution in [-0.4, -0.2) is 45.4 Å². The molecule has 1 aromatic rings. The molecule has 0 unspecified atom stereocenters. The van der Waals surface area contributed by atoms with Gasteiger partial charge in [0, 0.05) is 31.5 Å². The van der Waals surface area contributed by atoms with Crippen LogP contribution < -0.4 is 14.8 Å². The summed E-state index contributed by atoms with van der Waals surface area (Å²) < 4.78 is 37.2. The van der Waals surface area contributed by atoms with Crippen molar-refractivity contribution in [3.8, 4) is 5.75 Å². The number of carbonyl (C=O) groups is 1. The number of ether oxygens (including phenoxy) is 2. The molecule has 2 N–H and O–H groups in total. The molecule has 1 aliphatic rings. The summed E-state index contributed by atoms with van der Waals surface area (Å²) in [6.07, 6.45) is 3.56. The van der Waals surface area contributed by atoms with Crippen molar-refractivity contribution in [2.75, 3.05) is 25.1 Å². The van der Waals surface area contributed by atoms with Crippen molar-refractivity contribution in [2.45, 2.75) is 64.2 Å². The van der Waals surface area contributed by atoms with Crippen molar-refractivity contribution in [3.63, 3.8) is 0 Å². The SMILES string of the molecule is Cc1cc(OC2CCOCC2)ccc1NC(=O)CCCCNS(=O)(=O)C(C)C. The molecule has 28 heavy (non-hydrogen) atoms. The number of aryl methyl sites for hydroxylation is 1. The molecule has 1 saturated heterocycles. The Bertz CT molecular complexity index is 743. The zero-order chi connectivity index (χ0) is 20.6. The first kappa shape index (κ1) is 22.6. The number of carbonyl (C=O) groups excluding carboxylic acids is 1. The number of rotatable bonds is 10. The molecular weight excluding hydrogens is 380 g/mol. The maximum absolute atomic E-state index is 12.1. The fourth-order valence-electron chi connectivity index (χ4n) is 2.84. The minimum atomic E-state index is -3.24. The standard InChI is InChI=1S/C20H32N2O5S/c1-15(2)28(24,25)21-11-5-4-6-20(23)22-19-8-7-18(14-16(19)3)27-17-9-12-26-13-10-17/h7-8,14-15,17,21H,4-6,9-13H2,1-3H3,(H,22,23). The Balaban J connectivity index is 1.72. The third-order valence-corrected chi connectivity index (χ3v) is 6.55. The molecule has 0 atom stereocenters. The van der Waals surface area contributed by atoms with Crippen molar-refractivity contribution in [1.82, 2.24) is 4.72 Å². The van der Waals surface area contributed by atoms with Gasteiger partial charge in [0.05, 0.1) is 18.5 Å². The predicted octanol–water partition coefficient (Wildman–Crippen LogP) is 2.99. The van der Waals surface area contributed by atoms with Crippen LogP contribution in [0.3, 0.4) is 0 Å². The summed E-state index contributed by atoms with van der Waals surface area (Å²) in [4.78, 5) is 12.1. The van der Waals surface area contributed by atoms with Gasteiger partial charge < -0.3 is 14.8 Å². The average molecular weight is 413 g/mol. The molecule has 158 valence electrons. The third kappa shape index (κ3) is 7.41. The van der Waals surface area contributed by atoms with Gasteiger partial charge in [-0.3, -0.25) is 4.79 Å². The van der Waals surface area contributed by atoms with Gasteiger partial charge in [0.2, 0.25) is 15.9 Å². The minimum absolute atomic E-state index is 0.0760. The number of hydrogen-bond donors (Lipinski definition) is 2. The molecule has 0 aromatic heterocycles. The number of benzene rings is 1. The zero-order valence-electron chi connectivity index (χ0n) is 17.0. The Morgan fingerprint density at radius 1 is 1.25 bits per heavy atom. The van der Waals surface area contributed by atoms with Gasteiger partial charge >= 0.3 is 0 Å². The van der Waals surface area contributed by atoms with Crippen LogP contribution in [0.25, 0.3) is 0 Å². The van der Waals surface area contributed by atoms with Gasteiger partial charge in [-0.2, -0.15) is 0 Å². The van der Waals surface area contributed by atoms with E-state index in [1.54, 1.807) is 13.8 Å². The van der Waals surface area contributed by atoms with Crippen LogP contribution in [0.5, 0.6) is 5.75 Å². The summed E-state index contributed by atoms with van der Waals surface area (Å²) in [5.74, 6) is 0.729. The highest BCUT2D eigenvalue weighted by Crippen LogP contribution is 2.24. The normalized spacial score (nSPS) is 15.6. The van der Waals surface area contributed by atoms with E-state index in [2.05, 4.69) is 10.0 Å². The van der Waals surface area contributed by atoms with E-state index in [4.69, 9.17) is 9.47 Å². The van der Waals surface area contributed by atoms with E-state index in [9.17, 15) is 13.2 Å². The number of amides is 1. The lowest BCUT2D eigenvalue weighted by Gasteiger charge is -2.23. The maximum atomic E-state index is 12.1. The fourth-order valence-corrected chi connectivity index (χ4v) is 3.60. The third-order valence-electron chi connectivity index (χ3n) is 4.70. The van der Waals surface area contributed by atoms with E-state index in [0.29, 0.717) is 25.8 Å². The summed E-state index contributed by atoms with van der Waals surface area (Å²) in [5, 5.41) is 2.47. The first-order valence-corrected chi connectivity index (χ1v) is 11.5. The summed E-state index contributed by atoms with van der Waals surface area (Å²) >= 11 is 0. The minimum Gasteiger partial charge on any atom is -0.490 e. The Hall–Kier alpha value is -1.64. The molecule has 0 spiro atoms. The van der Waals surface area contributed by atoms with E-state index in [0.717, 1.165) is 43.1 Å². The molecule has 1 amide bonds. The molecule has 7 nitrogen and oxygen atoms in total. The highest BCUT2D eigenvalue weighted by atomic mass is 32.2. The van der Waals surface area contributed by atoms with E-state index in [1.165, 1.54) is 0 Å². The molecular formula is C20H32N2O5S. The smallest absolute Gasteiger partial charge is 0.224 e. The van der Waals surface area contributed by atoms with Gasteiger partial charge in [0.15, 0.2) is 0 Å². The van der Waals surface area contributed by atoms with Crippen molar-refractivity contribution in [3.05, 3.63) is 23.8 Å². The van der Waals surface area contributed by atoms with Crippen LogP contribution >= 0.6 is 0 Å². The largest absolute Gasteiger partial charge is 0.490 e. The number of hydrogen-bond acceptors (Lipinski definition) is 5. The molecule has 0 bridgehead atoms. The monoisotopic (exact) mass is 412 g/mol. The van der Waals surface area contributed by atoms with E-state index < -0.39 is 15.3 Å². The predicted molar refractivity (Wildman–Crippen MR) is 110 cm³/mol. The summed E-state index contributed by atoms with van der Waals surface area (Å²) in [6.45, 7) is 7.03. The summed E-state index contributed by atoms with van der Waals surface area (Å²) in [6, 6.07) is 5.67. The molecule has 0 aliphatic carbocycles. The number of sulfonamides is 1. The van der Waals surface area contributed by atoms with Crippen LogP contribution in [-0.2, 0) is 19.6 Å². The van der Waals surface area contributed by atoms with E-state index in [-0.39, 0.29) is 12.0 Å². The first-order chi connectivity index (χ1) is 13.3. The van der Waals surface area contributed by atoms with Crippen molar-refractivity contribution in [1.29, 1.82) is 0 Å². The Morgan fingerprint density at radius 2 is 1.96 bits per heavy atom. The van der Waals surface area contributed by atoms with Gasteiger partial charge in [-0.25, -0.2) is 13.1 Å². The second-order valence-corrected chi connectivity index (χ2v) is 9.72. The van der Waals surface area contributed by atoms with Crippen molar-refractivity contribution < 1.29 is 22.7 Å². The highest BCUT2D eigenvalue weighted by molar-refractivity contribution is 7.90. The van der Waals surface area contributed by atoms with Crippen molar-refractivity contribution >= 4 is 21.6 Å². The lowest BCUT2D eigenvalue weighted by Crippen LogP contribution is -2.31. The fraction of sp³-hybridized carbons (Fsp3) is 0.650. The first-order valence-electron chi connectivity index (χ1n) is 9.91. The van der Waals surface area contributed by atoms with Gasteiger partial charge in [-0.15, -0.1) is 0 Å². The molecule has 1 heterocycles. The lowest BCUT2D eigenvalue weighted by atomic mass is 10.1. The Morgan fingerprint density at radius 3 is 2.61 bits per heavy atom. The Kier molecular flexibility index (Phi) is 8.72. The van der Waals surface area contributed by atoms with Crippen LogP contribution in [0.15, 0.2) is 18.2 Å². The lowest BCUT2D eigenvalue weighted by molar-refractivity contribution is -0.116. The molecule has 1 aromatic carbocycles. The van der Waals surface area contributed by atoms with Gasteiger partial charge in [0.1, 0.15) is 11.9 Å². The van der Waals surface area contributed by atoms with Gasteiger partial charge in [-0.05, 0) is 57.4 Å². The highest BCUT2D eigenvalue weighted by Gasteiger charge is 2.16. The zero-order valence-corrected chi connectivity index (χ0v) is 17.8. The molecule has 2 rings (SSSR count). The summed E-state index contributed by atoms with van der Waals surface area (Å²) in [7, 11) is -3.24. The number of anilines is 1. The molecule has 0 saturated carbocycles. The quantitative estimate of drug-likeness (QED) is 0.576. The average Bonchev–Trinajstić information content (AvgIpc) is 2.64. The number of nitrogens with one attached hydrogen (secondary N) is 2. The molecule has 1 fully saturated rings.